The number of nitrogens with zero attached hydrogens (tertiary/aromatic N) is 5. The Labute approximate surface area is 301 Å². The number of ether oxygens (including phenoxy) is 2. The van der Waals surface area contributed by atoms with E-state index in [2.05, 4.69) is 20.9 Å². The van der Waals surface area contributed by atoms with Crippen molar-refractivity contribution >= 4 is 85.3 Å². The Morgan fingerprint density at radius 1 is 0.766 bits per heavy atom. The number of carbonyl (C=O) groups is 1. The van der Waals surface area contributed by atoms with Crippen LogP contribution >= 0.6 is 69.1 Å². The third-order valence-electron chi connectivity index (χ3n) is 7.36. The summed E-state index contributed by atoms with van der Waals surface area (Å²) in [4.78, 5) is 26.7. The molecule has 4 heterocycles. The Morgan fingerprint density at radius 3 is 1.64 bits per heavy atom. The van der Waals surface area contributed by atoms with Crippen molar-refractivity contribution in [3.63, 3.8) is 0 Å². The van der Waals surface area contributed by atoms with Crippen molar-refractivity contribution in [3.8, 4) is 6.07 Å². The SMILES string of the molecule is N#CCc1sc(N2CCOCC2)nc1Cc1ccc(Cl)c(Cl)c1.O=C(O)Cc1sc(N2CCOCC2)nc1Cc1ccc(Cl)c(Cl)c1. The molecule has 47 heavy (non-hydrogen) atoms. The molecular weight excluding hydrogens is 724 g/mol. The van der Waals surface area contributed by atoms with Gasteiger partial charge in [-0.3, -0.25) is 4.79 Å². The molecule has 0 saturated carbocycles. The number of halogens is 4. The maximum Gasteiger partial charge on any atom is 0.308 e. The first-order valence-corrected chi connectivity index (χ1v) is 17.9. The highest BCUT2D eigenvalue weighted by Crippen LogP contribution is 2.32. The van der Waals surface area contributed by atoms with Crippen molar-refractivity contribution in [3.05, 3.63) is 88.8 Å². The van der Waals surface area contributed by atoms with Gasteiger partial charge in [0.2, 0.25) is 0 Å². The highest BCUT2D eigenvalue weighted by Gasteiger charge is 2.21. The van der Waals surface area contributed by atoms with Crippen LogP contribution in [0.25, 0.3) is 0 Å². The lowest BCUT2D eigenvalue weighted by atomic mass is 10.1. The van der Waals surface area contributed by atoms with Crippen LogP contribution in [0.1, 0.15) is 32.3 Å². The number of morpholine rings is 2. The molecule has 2 saturated heterocycles. The van der Waals surface area contributed by atoms with Crippen molar-refractivity contribution in [2.24, 2.45) is 0 Å². The van der Waals surface area contributed by atoms with Gasteiger partial charge in [-0.1, -0.05) is 58.5 Å². The highest BCUT2D eigenvalue weighted by atomic mass is 35.5. The summed E-state index contributed by atoms with van der Waals surface area (Å²) < 4.78 is 10.7. The molecule has 2 fully saturated rings. The molecule has 2 aliphatic heterocycles. The third kappa shape index (κ3) is 9.94. The van der Waals surface area contributed by atoms with E-state index in [9.17, 15) is 4.79 Å². The van der Waals surface area contributed by atoms with E-state index >= 15 is 0 Å². The van der Waals surface area contributed by atoms with Crippen LogP contribution in [-0.4, -0.2) is 73.7 Å². The van der Waals surface area contributed by atoms with Crippen LogP contribution in [0.2, 0.25) is 20.1 Å². The molecule has 2 aromatic carbocycles. The summed E-state index contributed by atoms with van der Waals surface area (Å²) in [6, 6.07) is 13.2. The summed E-state index contributed by atoms with van der Waals surface area (Å²) in [5.41, 5.74) is 3.71. The summed E-state index contributed by atoms with van der Waals surface area (Å²) in [6.07, 6.45) is 1.52. The molecule has 0 radical (unpaired) electrons. The van der Waals surface area contributed by atoms with Gasteiger partial charge in [-0.25, -0.2) is 9.97 Å². The van der Waals surface area contributed by atoms with E-state index in [4.69, 9.17) is 71.2 Å². The third-order valence-corrected chi connectivity index (χ3v) is 11.2. The minimum Gasteiger partial charge on any atom is -0.481 e. The number of carboxylic acids is 1. The first-order chi connectivity index (χ1) is 22.7. The second kappa shape index (κ2) is 17.1. The second-order valence-electron chi connectivity index (χ2n) is 10.7. The first-order valence-electron chi connectivity index (χ1n) is 14.8. The van der Waals surface area contributed by atoms with Gasteiger partial charge in [0.15, 0.2) is 10.3 Å². The quantitative estimate of drug-likeness (QED) is 0.186. The average molecular weight is 756 g/mol. The molecule has 9 nitrogen and oxygen atoms in total. The van der Waals surface area contributed by atoms with Crippen LogP contribution in [0, 0.1) is 11.3 Å². The zero-order valence-corrected chi connectivity index (χ0v) is 29.8. The minimum atomic E-state index is -0.859. The smallest absolute Gasteiger partial charge is 0.308 e. The topological polar surface area (TPSA) is 112 Å². The zero-order chi connectivity index (χ0) is 33.3. The van der Waals surface area contributed by atoms with Gasteiger partial charge >= 0.3 is 5.97 Å². The molecule has 2 aliphatic rings. The van der Waals surface area contributed by atoms with E-state index in [1.54, 1.807) is 29.5 Å². The minimum absolute atomic E-state index is 0.0291. The van der Waals surface area contributed by atoms with Crippen molar-refractivity contribution in [1.29, 1.82) is 5.26 Å². The van der Waals surface area contributed by atoms with E-state index in [1.807, 2.05) is 18.2 Å². The molecule has 0 atom stereocenters. The van der Waals surface area contributed by atoms with Crippen LogP contribution in [-0.2, 0) is 40.0 Å². The second-order valence-corrected chi connectivity index (χ2v) is 14.4. The number of thiazole rings is 2. The molecule has 15 heteroatoms. The standard InChI is InChI=1S/C16H15Cl2N3OS.C16H16Cl2N2O3S/c17-12-2-1-11(9-13(12)18)10-14-15(3-4-19)23-16(20-14)21-5-7-22-8-6-21;17-11-2-1-10(7-12(11)18)8-13-14(9-15(21)22)24-16(19-13)20-3-5-23-6-4-20/h1-2,9H,3,5-8,10H2;1-2,7H,3-6,8-9H2,(H,21,22). The van der Waals surface area contributed by atoms with Gasteiger partial charge in [-0.15, -0.1) is 22.7 Å². The Bertz CT molecular complexity index is 1730. The van der Waals surface area contributed by atoms with Gasteiger partial charge in [0, 0.05) is 48.8 Å². The average Bonchev–Trinajstić information content (AvgIpc) is 3.65. The number of aromatic nitrogens is 2. The van der Waals surface area contributed by atoms with Crippen molar-refractivity contribution in [1.82, 2.24) is 9.97 Å². The van der Waals surface area contributed by atoms with Crippen LogP contribution < -0.4 is 9.80 Å². The summed E-state index contributed by atoms with van der Waals surface area (Å²) in [6.45, 7) is 5.98. The molecule has 2 aromatic heterocycles. The van der Waals surface area contributed by atoms with Gasteiger partial charge < -0.3 is 24.4 Å². The van der Waals surface area contributed by atoms with Crippen LogP contribution in [0.4, 0.5) is 10.3 Å². The van der Waals surface area contributed by atoms with Crippen LogP contribution in [0.5, 0.6) is 0 Å². The van der Waals surface area contributed by atoms with E-state index in [1.165, 1.54) is 11.3 Å². The fourth-order valence-corrected chi connectivity index (χ4v) is 7.79. The number of benzene rings is 2. The number of hydrogen-bond donors (Lipinski definition) is 1. The van der Waals surface area contributed by atoms with Gasteiger partial charge in [0.25, 0.3) is 0 Å². The van der Waals surface area contributed by atoms with Crippen molar-refractivity contribution in [2.75, 3.05) is 62.4 Å². The van der Waals surface area contributed by atoms with E-state index in [0.717, 1.165) is 81.9 Å². The fraction of sp³-hybridized carbons (Fsp3) is 0.375. The summed E-state index contributed by atoms with van der Waals surface area (Å²) in [7, 11) is 0. The van der Waals surface area contributed by atoms with Gasteiger partial charge in [-0.05, 0) is 35.4 Å². The Kier molecular flexibility index (Phi) is 13.0. The Morgan fingerprint density at radius 2 is 1.21 bits per heavy atom. The molecule has 248 valence electrons. The fourth-order valence-electron chi connectivity index (χ4n) is 4.97. The molecule has 0 bridgehead atoms. The van der Waals surface area contributed by atoms with Crippen molar-refractivity contribution < 1.29 is 19.4 Å². The monoisotopic (exact) mass is 753 g/mol. The lowest BCUT2D eigenvalue weighted by Gasteiger charge is -2.26. The van der Waals surface area contributed by atoms with Gasteiger partial charge in [0.1, 0.15) is 0 Å². The highest BCUT2D eigenvalue weighted by molar-refractivity contribution is 7.16. The Balaban J connectivity index is 0.000000185. The van der Waals surface area contributed by atoms with E-state index in [-0.39, 0.29) is 6.42 Å². The lowest BCUT2D eigenvalue weighted by Crippen LogP contribution is -2.36. The van der Waals surface area contributed by atoms with Crippen molar-refractivity contribution in [2.45, 2.75) is 25.7 Å². The normalized spacial score (nSPS) is 14.8. The van der Waals surface area contributed by atoms with E-state index < -0.39 is 5.97 Å². The molecule has 4 aromatic rings. The molecular formula is C32H31Cl4N5O4S2. The van der Waals surface area contributed by atoms with E-state index in [0.29, 0.717) is 52.6 Å². The maximum atomic E-state index is 11.2. The van der Waals surface area contributed by atoms with Crippen LogP contribution in [0.15, 0.2) is 36.4 Å². The molecule has 0 amide bonds. The maximum absolute atomic E-state index is 11.2. The summed E-state index contributed by atoms with van der Waals surface area (Å²) >= 11 is 27.1. The number of nitriles is 1. The summed E-state index contributed by atoms with van der Waals surface area (Å²) in [5, 5.41) is 22.1. The Hall–Kier alpha value is -2.66. The molecule has 0 unspecified atom stereocenters. The first kappa shape index (κ1) is 35.6. The predicted molar refractivity (Wildman–Crippen MR) is 189 cm³/mol. The largest absolute Gasteiger partial charge is 0.481 e. The number of hydrogen-bond acceptors (Lipinski definition) is 10. The summed E-state index contributed by atoms with van der Waals surface area (Å²) in [5.74, 6) is -0.859. The molecule has 6 rings (SSSR count). The molecule has 0 spiro atoms. The predicted octanol–water partition coefficient (Wildman–Crippen LogP) is 7.45. The molecule has 1 N–H and O–H groups in total. The van der Waals surface area contributed by atoms with Crippen LogP contribution in [0.3, 0.4) is 0 Å². The number of anilines is 2. The molecule has 0 aliphatic carbocycles. The number of aliphatic carboxylic acids is 1. The zero-order valence-electron chi connectivity index (χ0n) is 25.2. The number of rotatable bonds is 9. The van der Waals surface area contributed by atoms with Gasteiger partial charge in [-0.2, -0.15) is 5.26 Å². The number of carboxylic acid groups (broad SMARTS) is 1. The lowest BCUT2D eigenvalue weighted by molar-refractivity contribution is -0.136. The van der Waals surface area contributed by atoms with Gasteiger partial charge in [0.05, 0.1) is 76.8 Å².